The van der Waals surface area contributed by atoms with E-state index in [0.717, 1.165) is 27.3 Å². The molecule has 0 radical (unpaired) electrons. The molecule has 0 bridgehead atoms. The number of aryl methyl sites for hydroxylation is 1. The Bertz CT molecular complexity index is 1130. The summed E-state index contributed by atoms with van der Waals surface area (Å²) in [7, 11) is 0. The van der Waals surface area contributed by atoms with Crippen LogP contribution < -0.4 is 5.32 Å². The lowest BCUT2D eigenvalue weighted by molar-refractivity contribution is -0.140. The smallest absolute Gasteiger partial charge is 0.243 e. The summed E-state index contributed by atoms with van der Waals surface area (Å²) in [6.07, 6.45) is -0.453. The molecule has 1 fully saturated rings. The van der Waals surface area contributed by atoms with Crippen molar-refractivity contribution in [2.24, 2.45) is 5.92 Å². The molecule has 3 atom stereocenters. The average molecular weight is 478 g/mol. The van der Waals surface area contributed by atoms with E-state index in [1.54, 1.807) is 16.2 Å². The topological polar surface area (TPSA) is 82.5 Å². The predicted molar refractivity (Wildman–Crippen MR) is 134 cm³/mol. The molecule has 3 aromatic rings. The second-order valence-electron chi connectivity index (χ2n) is 9.21. The van der Waals surface area contributed by atoms with E-state index >= 15 is 0 Å². The first-order valence-electron chi connectivity index (χ1n) is 11.7. The molecule has 2 N–H and O–H groups in total. The number of nitrogens with one attached hydrogen (secondary N) is 1. The number of aliphatic hydroxyl groups excluding tert-OH is 1. The number of rotatable bonds is 7. The Morgan fingerprint density at radius 1 is 1.15 bits per heavy atom. The number of amides is 2. The van der Waals surface area contributed by atoms with Crippen LogP contribution in [0.3, 0.4) is 0 Å². The van der Waals surface area contributed by atoms with E-state index in [-0.39, 0.29) is 36.6 Å². The number of carbonyl (C=O) groups is 2. The van der Waals surface area contributed by atoms with Crippen molar-refractivity contribution in [3.8, 4) is 10.4 Å². The molecule has 4 rings (SSSR count). The number of β-amino-alcohol motifs (C(OH)–C–C–N with tert-alkyl or cyclic N) is 1. The number of benzene rings is 2. The number of hydrogen-bond acceptors (Lipinski definition) is 5. The molecule has 34 heavy (non-hydrogen) atoms. The third kappa shape index (κ3) is 5.21. The van der Waals surface area contributed by atoms with Crippen LogP contribution >= 0.6 is 11.3 Å². The summed E-state index contributed by atoms with van der Waals surface area (Å²) >= 11 is 1.61. The van der Waals surface area contributed by atoms with Gasteiger partial charge in [-0.2, -0.15) is 0 Å². The molecule has 0 aliphatic carbocycles. The van der Waals surface area contributed by atoms with E-state index in [1.807, 2.05) is 80.9 Å². The van der Waals surface area contributed by atoms with Crippen molar-refractivity contribution in [1.82, 2.24) is 15.2 Å². The summed E-state index contributed by atoms with van der Waals surface area (Å²) in [6, 6.07) is 17.0. The first-order valence-corrected chi connectivity index (χ1v) is 12.5. The van der Waals surface area contributed by atoms with Crippen LogP contribution in [0.15, 0.2) is 60.1 Å². The van der Waals surface area contributed by atoms with E-state index in [4.69, 9.17) is 0 Å². The van der Waals surface area contributed by atoms with Gasteiger partial charge in [-0.3, -0.25) is 9.59 Å². The van der Waals surface area contributed by atoms with E-state index < -0.39 is 12.1 Å². The number of nitrogens with zero attached hydrogens (tertiary/aromatic N) is 2. The van der Waals surface area contributed by atoms with Crippen LogP contribution in [0.1, 0.15) is 43.0 Å². The summed E-state index contributed by atoms with van der Waals surface area (Å²) in [4.78, 5) is 33.6. The highest BCUT2D eigenvalue weighted by atomic mass is 32.1. The van der Waals surface area contributed by atoms with Gasteiger partial charge in [0.15, 0.2) is 0 Å². The molecule has 0 saturated carbocycles. The third-order valence-corrected chi connectivity index (χ3v) is 7.36. The maximum Gasteiger partial charge on any atom is 0.243 e. The van der Waals surface area contributed by atoms with E-state index in [9.17, 15) is 14.7 Å². The van der Waals surface area contributed by atoms with Crippen LogP contribution in [-0.2, 0) is 16.1 Å². The molecule has 7 heteroatoms. The summed E-state index contributed by atoms with van der Waals surface area (Å²) in [6.45, 7) is 6.55. The minimum atomic E-state index is -0.704. The zero-order chi connectivity index (χ0) is 24.2. The number of thiazole rings is 1. The quantitative estimate of drug-likeness (QED) is 0.536. The van der Waals surface area contributed by atoms with Gasteiger partial charge < -0.3 is 15.3 Å². The summed E-state index contributed by atoms with van der Waals surface area (Å²) in [5.41, 5.74) is 5.85. The van der Waals surface area contributed by atoms with Gasteiger partial charge in [0.05, 0.1) is 28.1 Å². The maximum atomic E-state index is 13.5. The number of aliphatic hydroxyl groups is 1. The molecule has 178 valence electrons. The second-order valence-corrected chi connectivity index (χ2v) is 10.1. The largest absolute Gasteiger partial charge is 0.391 e. The van der Waals surface area contributed by atoms with Crippen LogP contribution in [0.5, 0.6) is 0 Å². The molecule has 1 aliphatic heterocycles. The van der Waals surface area contributed by atoms with Gasteiger partial charge in [0, 0.05) is 19.5 Å². The van der Waals surface area contributed by atoms with Crippen molar-refractivity contribution in [3.63, 3.8) is 0 Å². The Kier molecular flexibility index (Phi) is 7.44. The van der Waals surface area contributed by atoms with Crippen molar-refractivity contribution in [2.75, 3.05) is 6.54 Å². The predicted octanol–water partition coefficient (Wildman–Crippen LogP) is 4.14. The number of aromatic nitrogens is 1. The lowest BCUT2D eigenvalue weighted by Crippen LogP contribution is -2.48. The maximum absolute atomic E-state index is 13.5. The van der Waals surface area contributed by atoms with Crippen LogP contribution in [0, 0.1) is 12.8 Å². The molecule has 0 spiro atoms. The molecule has 2 aromatic carbocycles. The van der Waals surface area contributed by atoms with Gasteiger partial charge in [-0.1, -0.05) is 68.4 Å². The molecular formula is C27H31N3O3S. The van der Waals surface area contributed by atoms with Crippen molar-refractivity contribution in [1.29, 1.82) is 0 Å². The Morgan fingerprint density at radius 3 is 2.47 bits per heavy atom. The van der Waals surface area contributed by atoms with Crippen molar-refractivity contribution < 1.29 is 14.7 Å². The van der Waals surface area contributed by atoms with Crippen LogP contribution in [-0.4, -0.2) is 45.5 Å². The number of carbonyl (C=O) groups excluding carboxylic acids is 2. The fourth-order valence-electron chi connectivity index (χ4n) is 4.62. The highest BCUT2D eigenvalue weighted by molar-refractivity contribution is 7.13. The minimum Gasteiger partial charge on any atom is -0.391 e. The molecule has 6 nitrogen and oxygen atoms in total. The molecular weight excluding hydrogens is 446 g/mol. The van der Waals surface area contributed by atoms with Gasteiger partial charge in [0.1, 0.15) is 6.04 Å². The van der Waals surface area contributed by atoms with Gasteiger partial charge >= 0.3 is 0 Å². The Balaban J connectivity index is 1.43. The van der Waals surface area contributed by atoms with E-state index in [0.29, 0.717) is 6.54 Å². The lowest BCUT2D eigenvalue weighted by atomic mass is 9.87. The highest BCUT2D eigenvalue weighted by Crippen LogP contribution is 2.31. The fourth-order valence-corrected chi connectivity index (χ4v) is 5.43. The van der Waals surface area contributed by atoms with Crippen molar-refractivity contribution in [3.05, 3.63) is 76.9 Å². The number of hydrogen-bond donors (Lipinski definition) is 2. The SMILES string of the molecule is Cc1ncsc1-c1ccc(CNC(=O)[C@@H]2C[C@@H](O)CN2C(=O)C(c2ccccc2)C(C)C)cc1. The first-order chi connectivity index (χ1) is 16.3. The lowest BCUT2D eigenvalue weighted by Gasteiger charge is -2.30. The van der Waals surface area contributed by atoms with Gasteiger partial charge in [0.2, 0.25) is 11.8 Å². The molecule has 1 aromatic heterocycles. The molecule has 1 aliphatic rings. The highest BCUT2D eigenvalue weighted by Gasteiger charge is 2.42. The van der Waals surface area contributed by atoms with Crippen LogP contribution in [0.2, 0.25) is 0 Å². The monoisotopic (exact) mass is 477 g/mol. The summed E-state index contributed by atoms with van der Waals surface area (Å²) in [5.74, 6) is -0.633. The Labute approximate surface area is 204 Å². The van der Waals surface area contributed by atoms with Gasteiger partial charge in [-0.15, -0.1) is 11.3 Å². The zero-order valence-corrected chi connectivity index (χ0v) is 20.6. The normalized spacial score (nSPS) is 18.8. The Morgan fingerprint density at radius 2 is 1.85 bits per heavy atom. The minimum absolute atomic E-state index is 0.0667. The standard InChI is InChI=1S/C27H31N3O3S/c1-17(2)24(20-7-5-4-6-8-20)27(33)30-15-22(31)13-23(30)26(32)28-14-19-9-11-21(12-10-19)25-18(3)29-16-34-25/h4-12,16-17,22-24,31H,13-15H2,1-3H3,(H,28,32)/t22-,23+,24?/m1/s1. The number of likely N-dealkylation sites (tertiary alicyclic amines) is 1. The third-order valence-electron chi connectivity index (χ3n) is 6.38. The van der Waals surface area contributed by atoms with Crippen molar-refractivity contribution >= 4 is 23.2 Å². The molecule has 1 unspecified atom stereocenters. The second kappa shape index (κ2) is 10.5. The zero-order valence-electron chi connectivity index (χ0n) is 19.8. The summed E-state index contributed by atoms with van der Waals surface area (Å²) in [5, 5.41) is 13.3. The molecule has 2 heterocycles. The van der Waals surface area contributed by atoms with Gasteiger partial charge in [-0.25, -0.2) is 4.98 Å². The van der Waals surface area contributed by atoms with Gasteiger partial charge in [-0.05, 0) is 29.5 Å². The van der Waals surface area contributed by atoms with Gasteiger partial charge in [0.25, 0.3) is 0 Å². The van der Waals surface area contributed by atoms with Crippen LogP contribution in [0.25, 0.3) is 10.4 Å². The van der Waals surface area contributed by atoms with Crippen LogP contribution in [0.4, 0.5) is 0 Å². The van der Waals surface area contributed by atoms with E-state index in [2.05, 4.69) is 10.3 Å². The summed E-state index contributed by atoms with van der Waals surface area (Å²) < 4.78 is 0. The van der Waals surface area contributed by atoms with Crippen molar-refractivity contribution in [2.45, 2.75) is 51.8 Å². The fraction of sp³-hybridized carbons (Fsp3) is 0.370. The van der Waals surface area contributed by atoms with E-state index in [1.165, 1.54) is 0 Å². The first kappa shape index (κ1) is 24.1. The Hall–Kier alpha value is -3.03. The molecule has 2 amide bonds. The average Bonchev–Trinajstić information content (AvgIpc) is 3.44. The molecule has 1 saturated heterocycles.